The van der Waals surface area contributed by atoms with Crippen LogP contribution in [-0.2, 0) is 20.7 Å². The molecule has 0 saturated carbocycles. The highest BCUT2D eigenvalue weighted by molar-refractivity contribution is 7.85. The monoisotopic (exact) mass is 314 g/mol. The molecule has 2 aromatic carbocycles. The normalized spacial score (nSPS) is 10.2. The fourth-order valence-electron chi connectivity index (χ4n) is 1.45. The van der Waals surface area contributed by atoms with Gasteiger partial charge in [0.05, 0.1) is 4.90 Å². The third-order valence-corrected chi connectivity index (χ3v) is 3.13. The van der Waals surface area contributed by atoms with Gasteiger partial charge in [-0.2, -0.15) is 8.42 Å². The zero-order chi connectivity index (χ0) is 15.2. The topological polar surface area (TPSA) is 106 Å². The fraction of sp³-hybridized carbons (Fsp3) is 0. The molecule has 0 aromatic heterocycles. The molecule has 0 spiro atoms. The predicted molar refractivity (Wildman–Crippen MR) is 71.4 cm³/mol. The van der Waals surface area contributed by atoms with Crippen LogP contribution in [0, 0.1) is 0 Å². The van der Waals surface area contributed by atoms with Gasteiger partial charge in [-0.15, -0.1) is 12.6 Å². The first-order chi connectivity index (χ1) is 9.30. The van der Waals surface area contributed by atoms with Gasteiger partial charge in [0.15, 0.2) is 0 Å². The highest BCUT2D eigenvalue weighted by Crippen LogP contribution is 2.20. The van der Waals surface area contributed by atoms with Crippen molar-refractivity contribution in [3.8, 4) is 11.1 Å². The quantitative estimate of drug-likeness (QED) is 0.844. The summed E-state index contributed by atoms with van der Waals surface area (Å²) in [6, 6.07) is 15.7. The molecule has 0 fully saturated rings. The predicted octanol–water partition coefficient (Wildman–Crippen LogP) is 1.60. The van der Waals surface area contributed by atoms with Crippen LogP contribution in [0.1, 0.15) is 0 Å². The van der Waals surface area contributed by atoms with Crippen molar-refractivity contribution in [3.05, 3.63) is 54.6 Å². The molecule has 0 amide bonds. The van der Waals surface area contributed by atoms with Gasteiger partial charge in [-0.3, -0.25) is 4.55 Å². The van der Waals surface area contributed by atoms with Crippen molar-refractivity contribution >= 4 is 20.7 Å². The molecule has 0 aliphatic carbocycles. The molecule has 0 heterocycles. The molecule has 1 N–H and O–H groups in total. The zero-order valence-corrected chi connectivity index (χ0v) is 11.6. The van der Waals surface area contributed by atoms with Gasteiger partial charge < -0.3 is 0 Å². The second kappa shape index (κ2) is 6.94. The van der Waals surface area contributed by atoms with Gasteiger partial charge in [-0.05, 0) is 23.3 Å². The van der Waals surface area contributed by atoms with E-state index in [4.69, 9.17) is 17.2 Å². The molecule has 0 unspecified atom stereocenters. The first-order valence-electron chi connectivity index (χ1n) is 5.20. The summed E-state index contributed by atoms with van der Waals surface area (Å²) < 4.78 is 55.8. The van der Waals surface area contributed by atoms with Crippen LogP contribution in [0.2, 0.25) is 0 Å². The molecule has 0 aliphatic heterocycles. The molecular formula is C12H10O6S2. The average molecular weight is 314 g/mol. The molecule has 20 heavy (non-hydrogen) atoms. The smallest absolute Gasteiger partial charge is 0.282 e. The van der Waals surface area contributed by atoms with E-state index in [2.05, 4.69) is 0 Å². The summed E-state index contributed by atoms with van der Waals surface area (Å²) in [6.45, 7) is 0. The lowest BCUT2D eigenvalue weighted by Crippen LogP contribution is -1.97. The van der Waals surface area contributed by atoms with Gasteiger partial charge in [0.25, 0.3) is 10.1 Å². The number of hydrogen-bond acceptors (Lipinski definition) is 5. The molecule has 0 bridgehead atoms. The maximum Gasteiger partial charge on any atom is 0.425 e. The van der Waals surface area contributed by atoms with Gasteiger partial charge >= 0.3 is 10.6 Å². The molecule has 0 atom stereocenters. The van der Waals surface area contributed by atoms with Crippen molar-refractivity contribution in [2.75, 3.05) is 0 Å². The Morgan fingerprint density at radius 1 is 0.750 bits per heavy atom. The van der Waals surface area contributed by atoms with E-state index in [-0.39, 0.29) is 4.90 Å². The van der Waals surface area contributed by atoms with Gasteiger partial charge in [-0.1, -0.05) is 42.5 Å². The highest BCUT2D eigenvalue weighted by Gasteiger charge is 2.08. The van der Waals surface area contributed by atoms with E-state index in [1.54, 1.807) is 12.1 Å². The minimum atomic E-state index is -4.10. The second-order valence-electron chi connectivity index (χ2n) is 3.57. The number of rotatable bonds is 2. The van der Waals surface area contributed by atoms with Crippen LogP contribution in [-0.4, -0.2) is 25.6 Å². The van der Waals surface area contributed by atoms with Crippen molar-refractivity contribution in [1.29, 1.82) is 0 Å². The Labute approximate surface area is 117 Å². The Kier molecular flexibility index (Phi) is 5.56. The largest absolute Gasteiger partial charge is 0.425 e. The van der Waals surface area contributed by atoms with Crippen LogP contribution in [0.3, 0.4) is 0 Å². The Balaban J connectivity index is 0.000000444. The Bertz CT molecular complexity index is 756. The summed E-state index contributed by atoms with van der Waals surface area (Å²) in [5, 5.41) is 0. The van der Waals surface area contributed by atoms with Gasteiger partial charge in [-0.25, -0.2) is 0 Å². The van der Waals surface area contributed by atoms with Crippen molar-refractivity contribution in [1.82, 2.24) is 0 Å². The molecular weight excluding hydrogens is 304 g/mol. The van der Waals surface area contributed by atoms with Crippen molar-refractivity contribution in [2.45, 2.75) is 4.90 Å². The van der Waals surface area contributed by atoms with Crippen LogP contribution in [0.15, 0.2) is 59.5 Å². The van der Waals surface area contributed by atoms with Crippen LogP contribution in [0.4, 0.5) is 0 Å². The standard InChI is InChI=1S/C12H10O3S.O3S/c13-16(14,15)12-8-6-11(7-9-12)10-4-2-1-3-5-10;1-4(2)3/h1-9H,(H,13,14,15);. The van der Waals surface area contributed by atoms with Crippen LogP contribution in [0.25, 0.3) is 11.1 Å². The van der Waals surface area contributed by atoms with Crippen LogP contribution in [0.5, 0.6) is 0 Å². The minimum Gasteiger partial charge on any atom is -0.282 e. The first kappa shape index (κ1) is 16.0. The first-order valence-corrected chi connectivity index (χ1v) is 7.64. The van der Waals surface area contributed by atoms with E-state index in [0.717, 1.165) is 11.1 Å². The maximum absolute atomic E-state index is 10.8. The molecule has 0 radical (unpaired) electrons. The van der Waals surface area contributed by atoms with Crippen molar-refractivity contribution in [2.24, 2.45) is 0 Å². The summed E-state index contributed by atoms with van der Waals surface area (Å²) in [5.74, 6) is 0. The van der Waals surface area contributed by atoms with E-state index in [9.17, 15) is 8.42 Å². The van der Waals surface area contributed by atoms with Crippen molar-refractivity contribution < 1.29 is 25.6 Å². The molecule has 6 nitrogen and oxygen atoms in total. The lowest BCUT2D eigenvalue weighted by molar-refractivity contribution is 0.483. The summed E-state index contributed by atoms with van der Waals surface area (Å²) in [7, 11) is -7.21. The van der Waals surface area contributed by atoms with Crippen molar-refractivity contribution in [3.63, 3.8) is 0 Å². The van der Waals surface area contributed by atoms with Gasteiger partial charge in [0.1, 0.15) is 0 Å². The fourth-order valence-corrected chi connectivity index (χ4v) is 1.93. The van der Waals surface area contributed by atoms with E-state index in [1.807, 2.05) is 30.3 Å². The molecule has 106 valence electrons. The third-order valence-electron chi connectivity index (χ3n) is 2.26. The maximum atomic E-state index is 10.8. The Morgan fingerprint density at radius 2 is 1.15 bits per heavy atom. The minimum absolute atomic E-state index is 0.0906. The SMILES string of the molecule is O=S(=O)(O)c1ccc(-c2ccccc2)cc1.O=S(=O)=O. The van der Waals surface area contributed by atoms with E-state index >= 15 is 0 Å². The highest BCUT2D eigenvalue weighted by atomic mass is 32.2. The van der Waals surface area contributed by atoms with Gasteiger partial charge in [0, 0.05) is 0 Å². The van der Waals surface area contributed by atoms with E-state index < -0.39 is 20.7 Å². The Morgan fingerprint density at radius 3 is 1.55 bits per heavy atom. The lowest BCUT2D eigenvalue weighted by Gasteiger charge is -2.02. The number of benzene rings is 2. The van der Waals surface area contributed by atoms with Gasteiger partial charge in [0.2, 0.25) is 0 Å². The summed E-state index contributed by atoms with van der Waals surface area (Å²) >= 11 is 0. The average Bonchev–Trinajstić information content (AvgIpc) is 2.38. The van der Waals surface area contributed by atoms with E-state index in [1.165, 1.54) is 12.1 Å². The number of hydrogen-bond donors (Lipinski definition) is 1. The second-order valence-corrected chi connectivity index (χ2v) is 5.40. The van der Waals surface area contributed by atoms with Crippen LogP contribution < -0.4 is 0 Å². The van der Waals surface area contributed by atoms with Crippen LogP contribution >= 0.6 is 0 Å². The summed E-state index contributed by atoms with van der Waals surface area (Å²) in [5.41, 5.74) is 1.91. The Hall–Kier alpha value is -2.03. The van der Waals surface area contributed by atoms with E-state index in [0.29, 0.717) is 0 Å². The molecule has 0 aliphatic rings. The third kappa shape index (κ3) is 5.31. The molecule has 8 heteroatoms. The molecule has 2 rings (SSSR count). The molecule has 0 saturated heterocycles. The molecule has 2 aromatic rings. The summed E-state index contributed by atoms with van der Waals surface area (Å²) in [4.78, 5) is -0.0906. The lowest BCUT2D eigenvalue weighted by atomic mass is 10.1. The zero-order valence-electron chi connectivity index (χ0n) is 10.0. The summed E-state index contributed by atoms with van der Waals surface area (Å²) in [6.07, 6.45) is 0.